The van der Waals surface area contributed by atoms with Crippen molar-refractivity contribution in [3.8, 4) is 11.4 Å². The van der Waals surface area contributed by atoms with Crippen LogP contribution in [0.15, 0.2) is 41.5 Å². The van der Waals surface area contributed by atoms with Gasteiger partial charge in [-0.1, -0.05) is 12.1 Å². The molecular weight excluding hydrogens is 314 g/mol. The Labute approximate surface area is 146 Å². The summed E-state index contributed by atoms with van der Waals surface area (Å²) in [5, 5.41) is 1.02. The normalized spacial score (nSPS) is 17.9. The fourth-order valence-corrected chi connectivity index (χ4v) is 3.53. The van der Waals surface area contributed by atoms with Crippen LogP contribution in [0.4, 0.5) is 0 Å². The van der Waals surface area contributed by atoms with Gasteiger partial charge in [0.25, 0.3) is 5.56 Å². The van der Waals surface area contributed by atoms with Crippen LogP contribution in [0, 0.1) is 6.92 Å². The van der Waals surface area contributed by atoms with Crippen molar-refractivity contribution in [2.24, 2.45) is 0 Å². The maximum absolute atomic E-state index is 12.6. The maximum atomic E-state index is 12.6. The third-order valence-electron chi connectivity index (χ3n) is 4.92. The van der Waals surface area contributed by atoms with Gasteiger partial charge < -0.3 is 14.3 Å². The average molecular weight is 337 g/mol. The highest BCUT2D eigenvalue weighted by Gasteiger charge is 2.16. The van der Waals surface area contributed by atoms with Crippen molar-refractivity contribution in [3.05, 3.63) is 52.6 Å². The summed E-state index contributed by atoms with van der Waals surface area (Å²) >= 11 is 0. The van der Waals surface area contributed by atoms with Crippen LogP contribution in [-0.4, -0.2) is 27.2 Å². The molecule has 130 valence electrons. The number of rotatable bonds is 4. The van der Waals surface area contributed by atoms with E-state index in [9.17, 15) is 4.79 Å². The van der Waals surface area contributed by atoms with Gasteiger partial charge in [-0.05, 0) is 55.7 Å². The molecular formula is C20H23N3O2. The molecule has 3 aromatic rings. The van der Waals surface area contributed by atoms with Crippen LogP contribution in [0.25, 0.3) is 22.3 Å². The quantitative estimate of drug-likeness (QED) is 0.790. The predicted molar refractivity (Wildman–Crippen MR) is 98.7 cm³/mol. The van der Waals surface area contributed by atoms with Gasteiger partial charge in [-0.25, -0.2) is 4.98 Å². The minimum Gasteiger partial charge on any atom is -0.378 e. The molecule has 1 aliphatic rings. The van der Waals surface area contributed by atoms with Crippen molar-refractivity contribution < 1.29 is 4.74 Å². The zero-order valence-corrected chi connectivity index (χ0v) is 14.5. The van der Waals surface area contributed by atoms with E-state index in [1.165, 1.54) is 12.8 Å². The molecule has 0 radical (unpaired) electrons. The highest BCUT2D eigenvalue weighted by Crippen LogP contribution is 2.21. The number of hydrogen-bond donors (Lipinski definition) is 1. The van der Waals surface area contributed by atoms with E-state index in [0.29, 0.717) is 11.7 Å². The van der Waals surface area contributed by atoms with Crippen LogP contribution in [0.1, 0.15) is 31.2 Å². The third kappa shape index (κ3) is 3.37. The van der Waals surface area contributed by atoms with Gasteiger partial charge in [0, 0.05) is 31.1 Å². The summed E-state index contributed by atoms with van der Waals surface area (Å²) in [7, 11) is 0. The van der Waals surface area contributed by atoms with E-state index in [0.717, 1.165) is 48.3 Å². The molecule has 1 N–H and O–H groups in total. The molecule has 0 spiro atoms. The second-order valence-electron chi connectivity index (χ2n) is 6.82. The number of aromatic amines is 1. The fraction of sp³-hybridized carbons (Fsp3) is 0.400. The van der Waals surface area contributed by atoms with Gasteiger partial charge >= 0.3 is 0 Å². The first-order valence-corrected chi connectivity index (χ1v) is 8.97. The number of aryl methyl sites for hydroxylation is 2. The van der Waals surface area contributed by atoms with E-state index in [4.69, 9.17) is 4.74 Å². The van der Waals surface area contributed by atoms with Crippen molar-refractivity contribution in [3.63, 3.8) is 0 Å². The summed E-state index contributed by atoms with van der Waals surface area (Å²) in [6.45, 7) is 3.70. The summed E-state index contributed by atoms with van der Waals surface area (Å²) in [4.78, 5) is 20.0. The Bertz CT molecular complexity index is 936. The number of H-pyrrole nitrogens is 1. The smallest absolute Gasteiger partial charge is 0.259 e. The van der Waals surface area contributed by atoms with Crippen LogP contribution < -0.4 is 5.56 Å². The van der Waals surface area contributed by atoms with Crippen molar-refractivity contribution in [1.29, 1.82) is 0 Å². The third-order valence-corrected chi connectivity index (χ3v) is 4.92. The van der Waals surface area contributed by atoms with Gasteiger partial charge in [0.2, 0.25) is 0 Å². The van der Waals surface area contributed by atoms with E-state index < -0.39 is 0 Å². The van der Waals surface area contributed by atoms with Crippen molar-refractivity contribution in [1.82, 2.24) is 14.5 Å². The Kier molecular flexibility index (Phi) is 4.40. The van der Waals surface area contributed by atoms with E-state index in [2.05, 4.69) is 20.6 Å². The monoisotopic (exact) mass is 337 g/mol. The van der Waals surface area contributed by atoms with E-state index >= 15 is 0 Å². The molecule has 3 heterocycles. The molecule has 5 nitrogen and oxygen atoms in total. The molecule has 1 unspecified atom stereocenters. The van der Waals surface area contributed by atoms with E-state index in [1.807, 2.05) is 31.3 Å². The summed E-state index contributed by atoms with van der Waals surface area (Å²) in [5.41, 5.74) is 2.51. The number of fused-ring (bicyclic) bond motifs is 1. The number of imidazole rings is 1. The maximum Gasteiger partial charge on any atom is 0.259 e. The van der Waals surface area contributed by atoms with Gasteiger partial charge in [-0.3, -0.25) is 4.79 Å². The molecule has 0 amide bonds. The van der Waals surface area contributed by atoms with Gasteiger partial charge in [-0.2, -0.15) is 0 Å². The van der Waals surface area contributed by atoms with Crippen molar-refractivity contribution in [2.75, 3.05) is 6.61 Å². The molecule has 5 heteroatoms. The summed E-state index contributed by atoms with van der Waals surface area (Å²) < 4.78 is 7.87. The highest BCUT2D eigenvalue weighted by molar-refractivity contribution is 5.82. The summed E-state index contributed by atoms with van der Waals surface area (Å²) in [6, 6.07) is 8.02. The van der Waals surface area contributed by atoms with E-state index in [-0.39, 0.29) is 5.56 Å². The van der Waals surface area contributed by atoms with Crippen molar-refractivity contribution >= 4 is 10.9 Å². The Morgan fingerprint density at radius 3 is 3.08 bits per heavy atom. The number of aromatic nitrogens is 3. The van der Waals surface area contributed by atoms with Crippen LogP contribution in [-0.2, 0) is 11.3 Å². The van der Waals surface area contributed by atoms with Crippen LogP contribution in [0.3, 0.4) is 0 Å². The number of nitrogens with one attached hydrogen (secondary N) is 1. The van der Waals surface area contributed by atoms with E-state index in [1.54, 1.807) is 6.20 Å². The largest absolute Gasteiger partial charge is 0.378 e. The number of benzene rings is 1. The molecule has 0 bridgehead atoms. The first-order chi connectivity index (χ1) is 12.2. The molecule has 1 saturated heterocycles. The Morgan fingerprint density at radius 1 is 1.32 bits per heavy atom. The second-order valence-corrected chi connectivity index (χ2v) is 6.82. The fourth-order valence-electron chi connectivity index (χ4n) is 3.53. The minimum absolute atomic E-state index is 0.0977. The van der Waals surface area contributed by atoms with Crippen LogP contribution in [0.2, 0.25) is 0 Å². The first kappa shape index (κ1) is 16.1. The van der Waals surface area contributed by atoms with Crippen molar-refractivity contribution in [2.45, 2.75) is 45.3 Å². The molecule has 1 aliphatic heterocycles. The molecule has 1 atom stereocenters. The molecule has 1 aromatic carbocycles. The van der Waals surface area contributed by atoms with Gasteiger partial charge in [-0.15, -0.1) is 0 Å². The predicted octanol–water partition coefficient (Wildman–Crippen LogP) is 3.66. The Morgan fingerprint density at radius 2 is 2.24 bits per heavy atom. The summed E-state index contributed by atoms with van der Waals surface area (Å²) in [5.74, 6) is 0.722. The number of hydrogen-bond acceptors (Lipinski definition) is 3. The number of ether oxygens (including phenoxy) is 1. The Hall–Kier alpha value is -2.40. The second kappa shape index (κ2) is 6.84. The molecule has 0 saturated carbocycles. The van der Waals surface area contributed by atoms with Gasteiger partial charge in [0.15, 0.2) is 0 Å². The number of nitrogens with zero attached hydrogens (tertiary/aromatic N) is 2. The van der Waals surface area contributed by atoms with Gasteiger partial charge in [0.05, 0.1) is 11.7 Å². The molecule has 1 fully saturated rings. The zero-order chi connectivity index (χ0) is 17.2. The molecule has 0 aliphatic carbocycles. The zero-order valence-electron chi connectivity index (χ0n) is 14.5. The van der Waals surface area contributed by atoms with Crippen LogP contribution >= 0.6 is 0 Å². The lowest BCUT2D eigenvalue weighted by molar-refractivity contribution is 0.00887. The lowest BCUT2D eigenvalue weighted by Gasteiger charge is -2.22. The standard InChI is InChI=1S/C20H23N3O2/c1-14-5-6-15-13-17(20(24)22-18(15)12-14)19-21-8-10-23(19)9-7-16-4-2-3-11-25-16/h5-6,8,10,12-13,16H,2-4,7,9,11H2,1H3,(H,22,24). The first-order valence-electron chi connectivity index (χ1n) is 8.97. The molecule has 2 aromatic heterocycles. The lowest BCUT2D eigenvalue weighted by Crippen LogP contribution is -2.21. The minimum atomic E-state index is -0.0977. The molecule has 4 rings (SSSR count). The lowest BCUT2D eigenvalue weighted by atomic mass is 10.1. The average Bonchev–Trinajstić information content (AvgIpc) is 3.08. The topological polar surface area (TPSA) is 59.9 Å². The highest BCUT2D eigenvalue weighted by atomic mass is 16.5. The molecule has 25 heavy (non-hydrogen) atoms. The Balaban J connectivity index is 1.63. The number of pyridine rings is 1. The SMILES string of the molecule is Cc1ccc2cc(-c3nccn3CCC3CCCCO3)c(=O)[nH]c2c1. The van der Waals surface area contributed by atoms with Crippen LogP contribution in [0.5, 0.6) is 0 Å². The van der Waals surface area contributed by atoms with Gasteiger partial charge in [0.1, 0.15) is 5.82 Å². The summed E-state index contributed by atoms with van der Waals surface area (Å²) in [6.07, 6.45) is 8.51.